The molecular formula is C23H30N2O5S. The maximum Gasteiger partial charge on any atom is 0.255 e. The lowest BCUT2D eigenvalue weighted by atomic mass is 10.2. The van der Waals surface area contributed by atoms with E-state index < -0.39 is 10.0 Å². The number of carbonyl (C=O) groups is 1. The normalized spacial score (nSPS) is 14.8. The Bertz CT molecular complexity index is 984. The van der Waals surface area contributed by atoms with Gasteiger partial charge >= 0.3 is 0 Å². The molecular weight excluding hydrogens is 416 g/mol. The summed E-state index contributed by atoms with van der Waals surface area (Å²) < 4.78 is 38.4. The van der Waals surface area contributed by atoms with Crippen molar-refractivity contribution in [3.8, 4) is 11.5 Å². The predicted octanol–water partition coefficient (Wildman–Crippen LogP) is 4.30. The first-order valence-electron chi connectivity index (χ1n) is 10.7. The van der Waals surface area contributed by atoms with E-state index in [4.69, 9.17) is 9.47 Å². The molecule has 0 radical (unpaired) electrons. The number of amides is 1. The number of anilines is 1. The monoisotopic (exact) mass is 446 g/mol. The second kappa shape index (κ2) is 10.6. The van der Waals surface area contributed by atoms with Crippen molar-refractivity contribution < 1.29 is 22.7 Å². The SMILES string of the molecule is CCCCOc1ccc(C(=O)Nc2cc(S(=O)(=O)N3CCCCC3)ccc2OC)cc1. The number of benzene rings is 2. The highest BCUT2D eigenvalue weighted by molar-refractivity contribution is 7.89. The molecule has 0 aliphatic carbocycles. The van der Waals surface area contributed by atoms with E-state index in [0.29, 0.717) is 42.4 Å². The van der Waals surface area contributed by atoms with Gasteiger partial charge in [0.2, 0.25) is 10.0 Å². The number of ether oxygens (including phenoxy) is 2. The Labute approximate surface area is 184 Å². The average Bonchev–Trinajstić information content (AvgIpc) is 2.80. The summed E-state index contributed by atoms with van der Waals surface area (Å²) >= 11 is 0. The summed E-state index contributed by atoms with van der Waals surface area (Å²) in [7, 11) is -2.14. The fourth-order valence-electron chi connectivity index (χ4n) is 3.43. The Morgan fingerprint density at radius 2 is 1.77 bits per heavy atom. The first kappa shape index (κ1) is 23.1. The Morgan fingerprint density at radius 3 is 2.42 bits per heavy atom. The number of unbranched alkanes of at least 4 members (excludes halogenated alkanes) is 1. The molecule has 1 fully saturated rings. The van der Waals surface area contributed by atoms with Crippen molar-refractivity contribution in [2.45, 2.75) is 43.9 Å². The van der Waals surface area contributed by atoms with Gasteiger partial charge in [-0.25, -0.2) is 8.42 Å². The maximum absolute atomic E-state index is 13.0. The number of nitrogens with one attached hydrogen (secondary N) is 1. The van der Waals surface area contributed by atoms with Crippen LogP contribution < -0.4 is 14.8 Å². The summed E-state index contributed by atoms with van der Waals surface area (Å²) in [5.41, 5.74) is 0.753. The highest BCUT2D eigenvalue weighted by Crippen LogP contribution is 2.30. The van der Waals surface area contributed by atoms with Gasteiger partial charge in [-0.2, -0.15) is 4.31 Å². The van der Waals surface area contributed by atoms with Gasteiger partial charge in [0.05, 0.1) is 24.3 Å². The predicted molar refractivity (Wildman–Crippen MR) is 120 cm³/mol. The van der Waals surface area contributed by atoms with E-state index in [1.807, 2.05) is 0 Å². The van der Waals surface area contributed by atoms with Gasteiger partial charge in [0.15, 0.2) is 0 Å². The summed E-state index contributed by atoms with van der Waals surface area (Å²) in [6.45, 7) is 3.76. The molecule has 168 valence electrons. The molecule has 0 unspecified atom stereocenters. The molecule has 7 nitrogen and oxygen atoms in total. The highest BCUT2D eigenvalue weighted by atomic mass is 32.2. The van der Waals surface area contributed by atoms with E-state index in [1.54, 1.807) is 30.3 Å². The van der Waals surface area contributed by atoms with Crippen LogP contribution in [0.2, 0.25) is 0 Å². The van der Waals surface area contributed by atoms with Crippen molar-refractivity contribution in [2.24, 2.45) is 0 Å². The Kier molecular flexibility index (Phi) is 7.92. The van der Waals surface area contributed by atoms with Crippen molar-refractivity contribution in [3.05, 3.63) is 48.0 Å². The van der Waals surface area contributed by atoms with Crippen molar-refractivity contribution in [3.63, 3.8) is 0 Å². The van der Waals surface area contributed by atoms with Gasteiger partial charge in [0.25, 0.3) is 5.91 Å². The van der Waals surface area contributed by atoms with Gasteiger partial charge < -0.3 is 14.8 Å². The molecule has 0 bridgehead atoms. The molecule has 3 rings (SSSR count). The Hall–Kier alpha value is -2.58. The highest BCUT2D eigenvalue weighted by Gasteiger charge is 2.27. The van der Waals surface area contributed by atoms with E-state index >= 15 is 0 Å². The van der Waals surface area contributed by atoms with Crippen molar-refractivity contribution in [1.82, 2.24) is 4.31 Å². The molecule has 2 aromatic rings. The molecule has 1 heterocycles. The number of hydrogen-bond acceptors (Lipinski definition) is 5. The van der Waals surface area contributed by atoms with Gasteiger partial charge in [-0.3, -0.25) is 4.79 Å². The minimum absolute atomic E-state index is 0.144. The van der Waals surface area contributed by atoms with Crippen LogP contribution in [0.25, 0.3) is 0 Å². The van der Waals surface area contributed by atoms with Crippen LogP contribution in [0.3, 0.4) is 0 Å². The third-order valence-corrected chi connectivity index (χ3v) is 7.15. The van der Waals surface area contributed by atoms with Gasteiger partial charge in [0.1, 0.15) is 11.5 Å². The molecule has 0 saturated carbocycles. The first-order chi connectivity index (χ1) is 15.0. The molecule has 8 heteroatoms. The van der Waals surface area contributed by atoms with Crippen LogP contribution in [-0.2, 0) is 10.0 Å². The van der Waals surface area contributed by atoms with Gasteiger partial charge in [-0.05, 0) is 61.7 Å². The van der Waals surface area contributed by atoms with Crippen LogP contribution in [0, 0.1) is 0 Å². The summed E-state index contributed by atoms with van der Waals surface area (Å²) in [4.78, 5) is 12.9. The van der Waals surface area contributed by atoms with E-state index in [0.717, 1.165) is 32.1 Å². The number of nitrogens with zero attached hydrogens (tertiary/aromatic N) is 1. The minimum atomic E-state index is -3.62. The Balaban J connectivity index is 1.77. The summed E-state index contributed by atoms with van der Waals surface area (Å²) in [5.74, 6) is 0.744. The quantitative estimate of drug-likeness (QED) is 0.581. The van der Waals surface area contributed by atoms with Crippen molar-refractivity contribution in [1.29, 1.82) is 0 Å². The third-order valence-electron chi connectivity index (χ3n) is 5.26. The molecule has 1 amide bonds. The smallest absolute Gasteiger partial charge is 0.255 e. The lowest BCUT2D eigenvalue weighted by Gasteiger charge is -2.26. The van der Waals surface area contributed by atoms with Crippen LogP contribution in [0.5, 0.6) is 11.5 Å². The van der Waals surface area contributed by atoms with Gasteiger partial charge in [0, 0.05) is 18.7 Å². The van der Waals surface area contributed by atoms with Crippen LogP contribution in [0.15, 0.2) is 47.4 Å². The summed E-state index contributed by atoms with van der Waals surface area (Å²) in [6.07, 6.45) is 4.78. The molecule has 31 heavy (non-hydrogen) atoms. The van der Waals surface area contributed by atoms with Crippen LogP contribution >= 0.6 is 0 Å². The number of sulfonamides is 1. The summed E-state index contributed by atoms with van der Waals surface area (Å²) in [5, 5.41) is 2.78. The number of methoxy groups -OCH3 is 1. The fourth-order valence-corrected chi connectivity index (χ4v) is 4.97. The van der Waals surface area contributed by atoms with E-state index in [9.17, 15) is 13.2 Å². The molecule has 1 N–H and O–H groups in total. The molecule has 2 aromatic carbocycles. The van der Waals surface area contributed by atoms with Gasteiger partial charge in [-0.15, -0.1) is 0 Å². The Morgan fingerprint density at radius 1 is 1.06 bits per heavy atom. The zero-order chi connectivity index (χ0) is 22.3. The van der Waals surface area contributed by atoms with Crippen molar-refractivity contribution >= 4 is 21.6 Å². The van der Waals surface area contributed by atoms with E-state index in [1.165, 1.54) is 23.5 Å². The zero-order valence-electron chi connectivity index (χ0n) is 18.1. The third kappa shape index (κ3) is 5.77. The standard InChI is InChI=1S/C23H30N2O5S/c1-3-4-16-30-19-10-8-18(9-11-19)23(26)24-21-17-20(12-13-22(21)29-2)31(27,28)25-14-6-5-7-15-25/h8-13,17H,3-7,14-16H2,1-2H3,(H,24,26). The maximum atomic E-state index is 13.0. The molecule has 0 aromatic heterocycles. The number of piperidine rings is 1. The van der Waals surface area contributed by atoms with Gasteiger partial charge in [-0.1, -0.05) is 19.8 Å². The number of hydrogen-bond donors (Lipinski definition) is 1. The van der Waals surface area contributed by atoms with Crippen LogP contribution in [0.1, 0.15) is 49.4 Å². The largest absolute Gasteiger partial charge is 0.495 e. The molecule has 1 saturated heterocycles. The van der Waals surface area contributed by atoms with E-state index in [-0.39, 0.29) is 10.8 Å². The lowest BCUT2D eigenvalue weighted by Crippen LogP contribution is -2.35. The minimum Gasteiger partial charge on any atom is -0.495 e. The number of rotatable bonds is 9. The zero-order valence-corrected chi connectivity index (χ0v) is 18.9. The lowest BCUT2D eigenvalue weighted by molar-refractivity contribution is 0.102. The average molecular weight is 447 g/mol. The fraction of sp³-hybridized carbons (Fsp3) is 0.435. The van der Waals surface area contributed by atoms with Crippen LogP contribution in [0.4, 0.5) is 5.69 Å². The number of carbonyl (C=O) groups excluding carboxylic acids is 1. The molecule has 0 atom stereocenters. The molecule has 1 aliphatic heterocycles. The topological polar surface area (TPSA) is 84.9 Å². The first-order valence-corrected chi connectivity index (χ1v) is 12.1. The van der Waals surface area contributed by atoms with Crippen LogP contribution in [-0.4, -0.2) is 45.4 Å². The summed E-state index contributed by atoms with van der Waals surface area (Å²) in [6, 6.07) is 11.4. The molecule has 1 aliphatic rings. The molecule has 0 spiro atoms. The van der Waals surface area contributed by atoms with Crippen molar-refractivity contribution in [2.75, 3.05) is 32.1 Å². The van der Waals surface area contributed by atoms with E-state index in [2.05, 4.69) is 12.2 Å². The second-order valence-corrected chi connectivity index (χ2v) is 9.45. The second-order valence-electron chi connectivity index (χ2n) is 7.51.